The molecule has 2 rings (SSSR count). The summed E-state index contributed by atoms with van der Waals surface area (Å²) in [7, 11) is -3.20. The largest absolute Gasteiger partial charge is 0.370 e. The van der Waals surface area contributed by atoms with E-state index in [9.17, 15) is 13.2 Å². The molecule has 5 nitrogen and oxygen atoms in total. The zero-order chi connectivity index (χ0) is 16.0. The van der Waals surface area contributed by atoms with Crippen molar-refractivity contribution in [2.24, 2.45) is 5.73 Å². The summed E-state index contributed by atoms with van der Waals surface area (Å²) in [5.41, 5.74) is 6.30. The van der Waals surface area contributed by atoms with Crippen LogP contribution in [0.15, 0.2) is 30.3 Å². The minimum Gasteiger partial charge on any atom is -0.370 e. The number of benzene rings is 1. The molecule has 0 aliphatic carbocycles. The second kappa shape index (κ2) is 7.74. The predicted molar refractivity (Wildman–Crippen MR) is 87.2 cm³/mol. The summed E-state index contributed by atoms with van der Waals surface area (Å²) < 4.78 is 23.8. The maximum absolute atomic E-state index is 11.9. The molecule has 0 aromatic heterocycles. The lowest BCUT2D eigenvalue weighted by atomic mass is 10.0. The van der Waals surface area contributed by atoms with Gasteiger partial charge in [0.25, 0.3) is 0 Å². The van der Waals surface area contributed by atoms with Crippen molar-refractivity contribution < 1.29 is 13.2 Å². The summed E-state index contributed by atoms with van der Waals surface area (Å²) in [5.74, 6) is -0.600. The zero-order valence-electron chi connectivity index (χ0n) is 12.8. The number of nitrogens with zero attached hydrogens (tertiary/aromatic N) is 1. The van der Waals surface area contributed by atoms with E-state index < -0.39 is 15.7 Å². The van der Waals surface area contributed by atoms with Crippen LogP contribution in [0.2, 0.25) is 0 Å². The van der Waals surface area contributed by atoms with E-state index in [0.29, 0.717) is 12.6 Å². The van der Waals surface area contributed by atoms with Crippen molar-refractivity contribution in [1.29, 1.82) is 0 Å². The van der Waals surface area contributed by atoms with E-state index in [0.717, 1.165) is 25.8 Å². The standard InChI is InChI=1S/C16H24N2O3S/c17-16(19)8-11-22(20,21)12-10-18-9-4-7-15(18)13-14-5-2-1-3-6-14/h1-3,5-6,15H,4,7-13H2,(H2,17,19)/t15-/m0/s1. The van der Waals surface area contributed by atoms with Crippen LogP contribution in [0.5, 0.6) is 0 Å². The summed E-state index contributed by atoms with van der Waals surface area (Å²) in [6.07, 6.45) is 3.09. The third-order valence-corrected chi connectivity index (χ3v) is 5.79. The molecule has 1 aromatic carbocycles. The molecule has 1 saturated heterocycles. The van der Waals surface area contributed by atoms with Gasteiger partial charge < -0.3 is 5.73 Å². The van der Waals surface area contributed by atoms with E-state index in [1.165, 1.54) is 5.56 Å². The lowest BCUT2D eigenvalue weighted by Gasteiger charge is -2.24. The van der Waals surface area contributed by atoms with Gasteiger partial charge in [-0.2, -0.15) is 0 Å². The van der Waals surface area contributed by atoms with Gasteiger partial charge in [-0.15, -0.1) is 0 Å². The van der Waals surface area contributed by atoms with Gasteiger partial charge in [-0.1, -0.05) is 30.3 Å². The Hall–Kier alpha value is -1.40. The molecular weight excluding hydrogens is 300 g/mol. The Bertz CT molecular complexity index is 587. The molecule has 0 radical (unpaired) electrons. The summed E-state index contributed by atoms with van der Waals surface area (Å²) in [5, 5.41) is 0. The normalized spacial score (nSPS) is 19.4. The second-order valence-electron chi connectivity index (χ2n) is 5.89. The summed E-state index contributed by atoms with van der Waals surface area (Å²) in [6, 6.07) is 10.7. The topological polar surface area (TPSA) is 80.5 Å². The van der Waals surface area contributed by atoms with Crippen LogP contribution in [-0.4, -0.2) is 49.9 Å². The molecule has 1 amide bonds. The molecule has 1 heterocycles. The minimum atomic E-state index is -3.20. The Morgan fingerprint density at radius 1 is 1.23 bits per heavy atom. The fraction of sp³-hybridized carbons (Fsp3) is 0.562. The molecule has 1 atom stereocenters. The minimum absolute atomic E-state index is 0.0875. The number of primary amides is 1. The number of hydrogen-bond acceptors (Lipinski definition) is 4. The molecule has 0 unspecified atom stereocenters. The third-order valence-electron chi connectivity index (χ3n) is 4.16. The highest BCUT2D eigenvalue weighted by Crippen LogP contribution is 2.21. The van der Waals surface area contributed by atoms with Crippen molar-refractivity contribution in [2.45, 2.75) is 31.7 Å². The number of amides is 1. The number of hydrogen-bond donors (Lipinski definition) is 1. The molecule has 1 aliphatic heterocycles. The molecule has 1 aliphatic rings. The van der Waals surface area contributed by atoms with Crippen molar-refractivity contribution in [1.82, 2.24) is 4.90 Å². The van der Waals surface area contributed by atoms with Crippen LogP contribution in [0.4, 0.5) is 0 Å². The molecule has 1 fully saturated rings. The Kier molecular flexibility index (Phi) is 5.97. The number of likely N-dealkylation sites (tertiary alicyclic amines) is 1. The number of rotatable bonds is 8. The second-order valence-corrected chi connectivity index (χ2v) is 8.19. The van der Waals surface area contributed by atoms with Gasteiger partial charge in [0.2, 0.25) is 5.91 Å². The van der Waals surface area contributed by atoms with Crippen molar-refractivity contribution in [3.8, 4) is 0 Å². The van der Waals surface area contributed by atoms with Gasteiger partial charge in [0, 0.05) is 19.0 Å². The van der Waals surface area contributed by atoms with Crippen molar-refractivity contribution in [3.63, 3.8) is 0 Å². The van der Waals surface area contributed by atoms with Crippen LogP contribution in [0.3, 0.4) is 0 Å². The smallest absolute Gasteiger partial charge is 0.218 e. The third kappa shape index (κ3) is 5.42. The first kappa shape index (κ1) is 17.0. The molecule has 0 bridgehead atoms. The number of carbonyl (C=O) groups excluding carboxylic acids is 1. The van der Waals surface area contributed by atoms with E-state index in [1.807, 2.05) is 18.2 Å². The van der Waals surface area contributed by atoms with Crippen LogP contribution < -0.4 is 5.73 Å². The quantitative estimate of drug-likeness (QED) is 0.773. The van der Waals surface area contributed by atoms with Crippen molar-refractivity contribution >= 4 is 15.7 Å². The van der Waals surface area contributed by atoms with Gasteiger partial charge in [-0.25, -0.2) is 8.42 Å². The fourth-order valence-corrected chi connectivity index (χ4v) is 4.15. The van der Waals surface area contributed by atoms with Gasteiger partial charge in [0.05, 0.1) is 11.5 Å². The monoisotopic (exact) mass is 324 g/mol. The zero-order valence-corrected chi connectivity index (χ0v) is 13.6. The molecule has 122 valence electrons. The van der Waals surface area contributed by atoms with E-state index in [2.05, 4.69) is 17.0 Å². The maximum atomic E-state index is 11.9. The van der Waals surface area contributed by atoms with Crippen LogP contribution in [0, 0.1) is 0 Å². The van der Waals surface area contributed by atoms with E-state index in [4.69, 9.17) is 5.73 Å². The number of carbonyl (C=O) groups is 1. The van der Waals surface area contributed by atoms with Gasteiger partial charge in [-0.05, 0) is 31.4 Å². The van der Waals surface area contributed by atoms with Crippen molar-refractivity contribution in [2.75, 3.05) is 24.6 Å². The van der Waals surface area contributed by atoms with E-state index in [1.54, 1.807) is 0 Å². The Labute approximate surface area is 132 Å². The maximum Gasteiger partial charge on any atom is 0.218 e. The van der Waals surface area contributed by atoms with Crippen molar-refractivity contribution in [3.05, 3.63) is 35.9 Å². The molecule has 0 spiro atoms. The highest BCUT2D eigenvalue weighted by Gasteiger charge is 2.26. The summed E-state index contributed by atoms with van der Waals surface area (Å²) >= 11 is 0. The van der Waals surface area contributed by atoms with Gasteiger partial charge in [-0.3, -0.25) is 9.69 Å². The lowest BCUT2D eigenvalue weighted by molar-refractivity contribution is -0.117. The highest BCUT2D eigenvalue weighted by molar-refractivity contribution is 7.91. The summed E-state index contributed by atoms with van der Waals surface area (Å²) in [4.78, 5) is 13.0. The molecule has 22 heavy (non-hydrogen) atoms. The lowest BCUT2D eigenvalue weighted by Crippen LogP contribution is -2.35. The first-order valence-corrected chi connectivity index (χ1v) is 9.55. The number of nitrogens with two attached hydrogens (primary N) is 1. The highest BCUT2D eigenvalue weighted by atomic mass is 32.2. The molecule has 6 heteroatoms. The molecular formula is C16H24N2O3S. The molecule has 0 saturated carbocycles. The Balaban J connectivity index is 1.85. The summed E-state index contributed by atoms with van der Waals surface area (Å²) in [6.45, 7) is 1.49. The Morgan fingerprint density at radius 2 is 1.95 bits per heavy atom. The van der Waals surface area contributed by atoms with E-state index in [-0.39, 0.29) is 17.9 Å². The van der Waals surface area contributed by atoms with Crippen LogP contribution in [0.25, 0.3) is 0 Å². The van der Waals surface area contributed by atoms with Gasteiger partial charge in [0.1, 0.15) is 0 Å². The van der Waals surface area contributed by atoms with Gasteiger partial charge in [0.15, 0.2) is 9.84 Å². The molecule has 2 N–H and O–H groups in total. The van der Waals surface area contributed by atoms with Crippen LogP contribution >= 0.6 is 0 Å². The van der Waals surface area contributed by atoms with Crippen LogP contribution in [0.1, 0.15) is 24.8 Å². The Morgan fingerprint density at radius 3 is 2.64 bits per heavy atom. The van der Waals surface area contributed by atoms with Crippen LogP contribution in [-0.2, 0) is 21.1 Å². The fourth-order valence-electron chi connectivity index (χ4n) is 2.92. The average molecular weight is 324 g/mol. The first-order valence-electron chi connectivity index (χ1n) is 7.73. The predicted octanol–water partition coefficient (Wildman–Crippen LogP) is 0.984. The first-order chi connectivity index (χ1) is 10.5. The van der Waals surface area contributed by atoms with E-state index >= 15 is 0 Å². The average Bonchev–Trinajstić information content (AvgIpc) is 2.92. The molecule has 1 aromatic rings. The number of sulfone groups is 1. The van der Waals surface area contributed by atoms with Gasteiger partial charge >= 0.3 is 0 Å². The SMILES string of the molecule is NC(=O)CCS(=O)(=O)CCN1CCC[C@H]1Cc1ccccc1.